The van der Waals surface area contributed by atoms with Crippen LogP contribution in [-0.4, -0.2) is 73.4 Å². The monoisotopic (exact) mass is 533 g/mol. The molecule has 4 aliphatic rings. The van der Waals surface area contributed by atoms with Crippen LogP contribution < -0.4 is 0 Å². The summed E-state index contributed by atoms with van der Waals surface area (Å²) in [4.78, 5) is 38.9. The van der Waals surface area contributed by atoms with Crippen LogP contribution in [0.15, 0.2) is 9.93 Å². The van der Waals surface area contributed by atoms with Gasteiger partial charge in [-0.25, -0.2) is 9.59 Å². The van der Waals surface area contributed by atoms with E-state index in [4.69, 9.17) is 14.2 Å². The average molecular weight is 534 g/mol. The highest BCUT2D eigenvalue weighted by Crippen LogP contribution is 2.55. The van der Waals surface area contributed by atoms with Crippen LogP contribution in [0.2, 0.25) is 0 Å². The van der Waals surface area contributed by atoms with Crippen LogP contribution in [0.5, 0.6) is 0 Å². The highest BCUT2D eigenvalue weighted by Gasteiger charge is 2.58. The number of esters is 1. The lowest BCUT2D eigenvalue weighted by atomic mass is 9.76. The van der Waals surface area contributed by atoms with Crippen LogP contribution in [-0.2, 0) is 34.6 Å². The zero-order valence-electron chi connectivity index (χ0n) is 19.5. The molecule has 3 heterocycles. The molecule has 1 N–H and O–H groups in total. The summed E-state index contributed by atoms with van der Waals surface area (Å²) in [5.41, 5.74) is 0.347. The van der Waals surface area contributed by atoms with Crippen molar-refractivity contribution in [3.8, 4) is 0 Å². The Bertz CT molecular complexity index is 895. The molecule has 5 atom stereocenters. The second kappa shape index (κ2) is 10.4. The molecule has 1 saturated carbocycles. The predicted molar refractivity (Wildman–Crippen MR) is 129 cm³/mol. The lowest BCUT2D eigenvalue weighted by Gasteiger charge is -2.43. The molecule has 4 rings (SSSR count). The Morgan fingerprint density at radius 3 is 2.59 bits per heavy atom. The van der Waals surface area contributed by atoms with Crippen LogP contribution in [0.1, 0.15) is 52.9 Å². The molecule has 1 amide bonds. The van der Waals surface area contributed by atoms with E-state index in [1.165, 1.54) is 28.4 Å². The molecule has 0 bridgehead atoms. The maximum atomic E-state index is 12.9. The third-order valence-corrected chi connectivity index (χ3v) is 11.2. The smallest absolute Gasteiger partial charge is 0.431 e. The lowest BCUT2D eigenvalue weighted by molar-refractivity contribution is -0.162. The molecule has 34 heavy (non-hydrogen) atoms. The molecule has 0 aromatic rings. The zero-order valence-corrected chi connectivity index (χ0v) is 22.0. The fraction of sp³-hybridized carbons (Fsp3) is 0.773. The lowest BCUT2D eigenvalue weighted by Crippen LogP contribution is -2.60. The maximum Gasteiger partial charge on any atom is 0.511 e. The van der Waals surface area contributed by atoms with Gasteiger partial charge in [0.2, 0.25) is 12.7 Å². The van der Waals surface area contributed by atoms with Gasteiger partial charge in [-0.2, -0.15) is 0 Å². The van der Waals surface area contributed by atoms with Crippen LogP contribution >= 0.6 is 23.5 Å². The largest absolute Gasteiger partial charge is 0.511 e. The first-order chi connectivity index (χ1) is 16.1. The van der Waals surface area contributed by atoms with Crippen molar-refractivity contribution in [1.82, 2.24) is 4.90 Å². The van der Waals surface area contributed by atoms with E-state index in [1.807, 2.05) is 0 Å². The van der Waals surface area contributed by atoms with E-state index in [9.17, 15) is 23.7 Å². The van der Waals surface area contributed by atoms with Crippen molar-refractivity contribution < 1.29 is 37.9 Å². The van der Waals surface area contributed by atoms with Crippen molar-refractivity contribution in [1.29, 1.82) is 0 Å². The van der Waals surface area contributed by atoms with Crippen molar-refractivity contribution in [3.05, 3.63) is 9.93 Å². The van der Waals surface area contributed by atoms with E-state index in [0.717, 1.165) is 32.1 Å². The molecule has 2 saturated heterocycles. The Labute approximate surface area is 210 Å². The quantitative estimate of drug-likeness (QED) is 0.297. The molecule has 0 radical (unpaired) electrons. The maximum absolute atomic E-state index is 12.9. The number of fused-ring (bicyclic) bond motifs is 1. The first-order valence-electron chi connectivity index (χ1n) is 11.5. The minimum atomic E-state index is -0.887. The van der Waals surface area contributed by atoms with Crippen molar-refractivity contribution in [2.24, 2.45) is 11.3 Å². The van der Waals surface area contributed by atoms with E-state index in [2.05, 4.69) is 13.8 Å². The average Bonchev–Trinajstić information content (AvgIpc) is 3.30. The third-order valence-electron chi connectivity index (χ3n) is 6.69. The number of hydrogen-bond donors (Lipinski definition) is 1. The highest BCUT2D eigenvalue weighted by molar-refractivity contribution is 8.23. The molecule has 0 aromatic carbocycles. The summed E-state index contributed by atoms with van der Waals surface area (Å²) in [6, 6.07) is 0. The van der Waals surface area contributed by atoms with Crippen LogP contribution in [0.4, 0.5) is 4.79 Å². The van der Waals surface area contributed by atoms with Gasteiger partial charge in [-0.1, -0.05) is 25.6 Å². The van der Waals surface area contributed by atoms with Gasteiger partial charge in [0.05, 0.1) is 16.3 Å². The molecular formula is C22H31NO8S3. The van der Waals surface area contributed by atoms with E-state index in [-0.39, 0.29) is 33.7 Å². The molecule has 12 heteroatoms. The summed E-state index contributed by atoms with van der Waals surface area (Å²) in [5, 5.41) is 9.67. The van der Waals surface area contributed by atoms with Crippen LogP contribution in [0.25, 0.3) is 0 Å². The van der Waals surface area contributed by atoms with Crippen molar-refractivity contribution >= 4 is 52.4 Å². The molecule has 190 valence electrons. The van der Waals surface area contributed by atoms with Gasteiger partial charge >= 0.3 is 12.1 Å². The fourth-order valence-electron chi connectivity index (χ4n) is 4.57. The number of amides is 1. The van der Waals surface area contributed by atoms with Crippen LogP contribution in [0, 0.1) is 11.3 Å². The fourth-order valence-corrected chi connectivity index (χ4v) is 9.81. The number of thioether (sulfide) groups is 2. The number of carbonyl (C=O) groups excluding carboxylic acids is 3. The molecule has 1 aliphatic carbocycles. The zero-order chi connectivity index (χ0) is 24.6. The number of ether oxygens (including phenoxy) is 3. The number of aliphatic hydroxyl groups excluding tert-OH is 1. The number of nitrogens with zero attached hydrogens (tertiary/aromatic N) is 1. The van der Waals surface area contributed by atoms with Gasteiger partial charge in [-0.15, -0.1) is 11.8 Å². The Morgan fingerprint density at radius 1 is 1.26 bits per heavy atom. The Balaban J connectivity index is 1.33. The van der Waals surface area contributed by atoms with E-state index >= 15 is 0 Å². The van der Waals surface area contributed by atoms with E-state index in [1.54, 1.807) is 6.92 Å². The van der Waals surface area contributed by atoms with Gasteiger partial charge in [0.1, 0.15) is 11.5 Å². The van der Waals surface area contributed by atoms with E-state index in [0.29, 0.717) is 15.7 Å². The summed E-state index contributed by atoms with van der Waals surface area (Å²) in [6.07, 6.45) is 2.27. The van der Waals surface area contributed by atoms with Crippen molar-refractivity contribution in [3.63, 3.8) is 0 Å². The second-order valence-electron chi connectivity index (χ2n) is 9.88. The SMILES string of the molecule is C[C@@H](O)[C@H]1C(=O)N2C(C(=O)OCOC(=O)OC3CCC(C)(C)CC3)=C(S[C@H]3CC[S@@](=O)C3)S[C@H]12. The minimum Gasteiger partial charge on any atom is -0.431 e. The standard InChI is InChI=1S/C22H31NO8S3/c1-12(24)15-17(25)23-16(20(33-18(15)23)32-14-6-9-34(28)10-14)19(26)29-11-30-21(27)31-13-4-7-22(2,3)8-5-13/h12-15,18,24H,4-11H2,1-3H3/t12-,14+,15+,18-,34-/m1/s1. The molecule has 0 aromatic heterocycles. The van der Waals surface area contributed by atoms with Gasteiger partial charge in [-0.05, 0) is 44.4 Å². The third kappa shape index (κ3) is 5.60. The molecule has 9 nitrogen and oxygen atoms in total. The first kappa shape index (κ1) is 25.8. The molecule has 0 spiro atoms. The normalized spacial score (nSPS) is 31.6. The second-order valence-corrected chi connectivity index (χ2v) is 14.2. The Morgan fingerprint density at radius 2 is 1.97 bits per heavy atom. The first-order valence-corrected chi connectivity index (χ1v) is 14.7. The van der Waals surface area contributed by atoms with Gasteiger partial charge in [0, 0.05) is 27.6 Å². The molecule has 0 unspecified atom stereocenters. The summed E-state index contributed by atoms with van der Waals surface area (Å²) in [5.74, 6) is -0.572. The van der Waals surface area contributed by atoms with Crippen LogP contribution in [0.3, 0.4) is 0 Å². The van der Waals surface area contributed by atoms with Gasteiger partial charge in [-0.3, -0.25) is 13.9 Å². The van der Waals surface area contributed by atoms with Crippen molar-refractivity contribution in [2.45, 2.75) is 75.7 Å². The van der Waals surface area contributed by atoms with Crippen molar-refractivity contribution in [2.75, 3.05) is 18.3 Å². The number of β-lactam (4-membered cyclic amide) rings is 1. The number of carbonyl (C=O) groups is 3. The summed E-state index contributed by atoms with van der Waals surface area (Å²) < 4.78 is 27.8. The van der Waals surface area contributed by atoms with E-state index < -0.39 is 41.7 Å². The minimum absolute atomic E-state index is 0.0802. The van der Waals surface area contributed by atoms with Gasteiger partial charge in [0.25, 0.3) is 0 Å². The molecular weight excluding hydrogens is 502 g/mol. The van der Waals surface area contributed by atoms with Gasteiger partial charge < -0.3 is 19.3 Å². The Kier molecular flexibility index (Phi) is 7.90. The number of hydrogen-bond acceptors (Lipinski definition) is 10. The summed E-state index contributed by atoms with van der Waals surface area (Å²) >= 11 is 2.77. The predicted octanol–water partition coefficient (Wildman–Crippen LogP) is 2.94. The van der Waals surface area contributed by atoms with Gasteiger partial charge in [0.15, 0.2) is 5.70 Å². The molecule has 3 aliphatic heterocycles. The Hall–Kier alpha value is -1.24. The summed E-state index contributed by atoms with van der Waals surface area (Å²) in [7, 11) is -0.877. The topological polar surface area (TPSA) is 119 Å². The highest BCUT2D eigenvalue weighted by atomic mass is 32.2. The number of aliphatic hydroxyl groups is 1. The molecule has 3 fully saturated rings. The number of rotatable bonds is 7. The summed E-state index contributed by atoms with van der Waals surface area (Å²) in [6.45, 7) is 5.30.